The monoisotopic (exact) mass is 530 g/mol. The molecule has 1 unspecified atom stereocenters. The quantitative estimate of drug-likeness (QED) is 0.390. The van der Waals surface area contributed by atoms with Gasteiger partial charge in [-0.05, 0) is 43.5 Å². The third-order valence-corrected chi connectivity index (χ3v) is 7.28. The van der Waals surface area contributed by atoms with Crippen LogP contribution in [0.15, 0.2) is 24.5 Å². The molecule has 11 nitrogen and oxygen atoms in total. The minimum atomic E-state index is -0.143. The van der Waals surface area contributed by atoms with Crippen molar-refractivity contribution < 1.29 is 23.8 Å². The van der Waals surface area contributed by atoms with Crippen LogP contribution in [0.3, 0.4) is 0 Å². The topological polar surface area (TPSA) is 110 Å². The van der Waals surface area contributed by atoms with Gasteiger partial charge < -0.3 is 24.0 Å². The summed E-state index contributed by atoms with van der Waals surface area (Å²) < 4.78 is 16.1. The Balaban J connectivity index is 1.16. The van der Waals surface area contributed by atoms with E-state index in [1.54, 1.807) is 12.4 Å². The van der Waals surface area contributed by atoms with E-state index in [2.05, 4.69) is 24.8 Å². The maximum absolute atomic E-state index is 12.0. The summed E-state index contributed by atoms with van der Waals surface area (Å²) in [5, 5.41) is 0.354. The van der Waals surface area contributed by atoms with E-state index in [9.17, 15) is 9.59 Å². The lowest BCUT2D eigenvalue weighted by atomic mass is 9.93. The molecule has 0 aliphatic carbocycles. The van der Waals surface area contributed by atoms with Gasteiger partial charge in [0.25, 0.3) is 0 Å². The van der Waals surface area contributed by atoms with Crippen LogP contribution in [0.5, 0.6) is 11.6 Å². The van der Waals surface area contributed by atoms with Crippen molar-refractivity contribution in [1.82, 2.24) is 24.8 Å². The van der Waals surface area contributed by atoms with Gasteiger partial charge >= 0.3 is 5.97 Å². The number of esters is 1. The summed E-state index contributed by atoms with van der Waals surface area (Å²) >= 11 is 6.29. The SMILES string of the molecule is COC(=O)CC1CCN(Cc2cc(Cl)nc(Oc3cnc(N4CCN5C(=O)COCC5C4)nc3)c2)CC1. The van der Waals surface area contributed by atoms with Gasteiger partial charge in [0, 0.05) is 38.7 Å². The first kappa shape index (κ1) is 25.6. The molecule has 0 spiro atoms. The molecule has 0 radical (unpaired) electrons. The standard InChI is InChI=1S/C25H31ClN6O5/c1-35-24(34)10-17-2-4-30(5-3-17)13-18-8-21(26)29-22(9-18)37-20-11-27-25(28-12-20)31-6-7-32-19(14-31)15-36-16-23(32)33/h8-9,11-12,17,19H,2-7,10,13-16H2,1H3. The molecule has 0 N–H and O–H groups in total. The zero-order valence-corrected chi connectivity index (χ0v) is 21.6. The van der Waals surface area contributed by atoms with Crippen LogP contribution in [-0.4, -0.2) is 95.7 Å². The van der Waals surface area contributed by atoms with E-state index in [1.807, 2.05) is 17.0 Å². The Kier molecular flexibility index (Phi) is 8.02. The fraction of sp³-hybridized carbons (Fsp3) is 0.560. The fourth-order valence-electron chi connectivity index (χ4n) is 5.11. The molecule has 5 rings (SSSR count). The molecule has 2 aromatic rings. The van der Waals surface area contributed by atoms with Crippen molar-refractivity contribution in [2.24, 2.45) is 5.92 Å². The number of morpholine rings is 1. The largest absolute Gasteiger partial charge is 0.469 e. The number of ether oxygens (including phenoxy) is 3. The number of piperazine rings is 1. The first-order valence-corrected chi connectivity index (χ1v) is 12.9. The molecule has 5 heterocycles. The highest BCUT2D eigenvalue weighted by atomic mass is 35.5. The number of halogens is 1. The van der Waals surface area contributed by atoms with Gasteiger partial charge in [-0.15, -0.1) is 0 Å². The number of methoxy groups -OCH3 is 1. The Morgan fingerprint density at radius 1 is 1.16 bits per heavy atom. The van der Waals surface area contributed by atoms with Crippen LogP contribution in [0, 0.1) is 5.92 Å². The molecule has 2 aromatic heterocycles. The van der Waals surface area contributed by atoms with E-state index in [0.717, 1.165) is 38.0 Å². The van der Waals surface area contributed by atoms with E-state index >= 15 is 0 Å². The molecular weight excluding hydrogens is 500 g/mol. The third kappa shape index (κ3) is 6.46. The van der Waals surface area contributed by atoms with Gasteiger partial charge in [0.15, 0.2) is 5.75 Å². The summed E-state index contributed by atoms with van der Waals surface area (Å²) in [6, 6.07) is 3.73. The average molecular weight is 531 g/mol. The van der Waals surface area contributed by atoms with E-state index in [4.69, 9.17) is 25.8 Å². The number of fused-ring (bicyclic) bond motifs is 1. The molecule has 1 amide bonds. The molecule has 0 bridgehead atoms. The Bertz CT molecular complexity index is 1110. The fourth-order valence-corrected chi connectivity index (χ4v) is 5.34. The lowest BCUT2D eigenvalue weighted by molar-refractivity contribution is -0.148. The van der Waals surface area contributed by atoms with Gasteiger partial charge in [-0.25, -0.2) is 15.0 Å². The number of carbonyl (C=O) groups is 2. The summed E-state index contributed by atoms with van der Waals surface area (Å²) in [5.74, 6) is 1.69. The number of likely N-dealkylation sites (tertiary alicyclic amines) is 1. The van der Waals surface area contributed by atoms with E-state index in [1.165, 1.54) is 7.11 Å². The summed E-state index contributed by atoms with van der Waals surface area (Å²) in [5.41, 5.74) is 1.00. The van der Waals surface area contributed by atoms with Crippen LogP contribution in [0.2, 0.25) is 5.15 Å². The number of nitrogens with zero attached hydrogens (tertiary/aromatic N) is 6. The molecule has 12 heteroatoms. The van der Waals surface area contributed by atoms with E-state index in [-0.39, 0.29) is 24.5 Å². The van der Waals surface area contributed by atoms with Gasteiger partial charge in [0.1, 0.15) is 11.8 Å². The summed E-state index contributed by atoms with van der Waals surface area (Å²) in [6.07, 6.45) is 5.63. The molecule has 3 aliphatic heterocycles. The minimum absolute atomic E-state index is 0.0160. The van der Waals surface area contributed by atoms with E-state index in [0.29, 0.717) is 61.3 Å². The third-order valence-electron chi connectivity index (χ3n) is 7.09. The molecule has 0 saturated carbocycles. The van der Waals surface area contributed by atoms with Crippen molar-refractivity contribution >= 4 is 29.4 Å². The second kappa shape index (κ2) is 11.6. The smallest absolute Gasteiger partial charge is 0.305 e. The number of hydrogen-bond donors (Lipinski definition) is 0. The lowest BCUT2D eigenvalue weighted by Crippen LogP contribution is -2.60. The number of rotatable bonds is 7. The summed E-state index contributed by atoms with van der Waals surface area (Å²) in [6.45, 7) is 5.15. The Labute approximate surface area is 220 Å². The predicted octanol–water partition coefficient (Wildman–Crippen LogP) is 2.14. The maximum Gasteiger partial charge on any atom is 0.305 e. The second-order valence-electron chi connectivity index (χ2n) is 9.66. The first-order chi connectivity index (χ1) is 18.0. The molecular formula is C25H31ClN6O5. The second-order valence-corrected chi connectivity index (χ2v) is 10.0. The Morgan fingerprint density at radius 2 is 1.95 bits per heavy atom. The number of carbonyl (C=O) groups excluding carboxylic acids is 2. The first-order valence-electron chi connectivity index (χ1n) is 12.5. The van der Waals surface area contributed by atoms with Crippen molar-refractivity contribution in [3.05, 3.63) is 35.2 Å². The van der Waals surface area contributed by atoms with Crippen LogP contribution >= 0.6 is 11.6 Å². The zero-order valence-electron chi connectivity index (χ0n) is 20.8. The van der Waals surface area contributed by atoms with Crippen LogP contribution in [-0.2, 0) is 25.6 Å². The molecule has 3 aliphatic rings. The van der Waals surface area contributed by atoms with Crippen LogP contribution in [0.4, 0.5) is 5.95 Å². The van der Waals surface area contributed by atoms with Crippen molar-refractivity contribution in [1.29, 1.82) is 0 Å². The highest BCUT2D eigenvalue weighted by Crippen LogP contribution is 2.26. The summed E-state index contributed by atoms with van der Waals surface area (Å²) in [4.78, 5) is 43.1. The van der Waals surface area contributed by atoms with Crippen molar-refractivity contribution in [3.63, 3.8) is 0 Å². The van der Waals surface area contributed by atoms with Gasteiger partial charge in [-0.1, -0.05) is 11.6 Å². The minimum Gasteiger partial charge on any atom is -0.469 e. The Morgan fingerprint density at radius 3 is 2.70 bits per heavy atom. The summed E-state index contributed by atoms with van der Waals surface area (Å²) in [7, 11) is 1.43. The maximum atomic E-state index is 12.0. The van der Waals surface area contributed by atoms with Crippen molar-refractivity contribution in [3.8, 4) is 11.6 Å². The molecule has 3 fully saturated rings. The van der Waals surface area contributed by atoms with Crippen LogP contribution < -0.4 is 9.64 Å². The van der Waals surface area contributed by atoms with Crippen molar-refractivity contribution in [2.45, 2.75) is 31.8 Å². The average Bonchev–Trinajstić information content (AvgIpc) is 2.90. The zero-order chi connectivity index (χ0) is 25.8. The number of hydrogen-bond acceptors (Lipinski definition) is 10. The number of anilines is 1. The van der Waals surface area contributed by atoms with Gasteiger partial charge in [0.05, 0.1) is 32.2 Å². The molecule has 0 aromatic carbocycles. The van der Waals surface area contributed by atoms with Gasteiger partial charge in [-0.2, -0.15) is 0 Å². The highest BCUT2D eigenvalue weighted by molar-refractivity contribution is 6.29. The molecule has 3 saturated heterocycles. The number of amides is 1. The lowest BCUT2D eigenvalue weighted by Gasteiger charge is -2.43. The normalized spacial score (nSPS) is 21.0. The van der Waals surface area contributed by atoms with E-state index < -0.39 is 0 Å². The number of piperidine rings is 1. The number of aromatic nitrogens is 3. The van der Waals surface area contributed by atoms with Crippen LogP contribution in [0.1, 0.15) is 24.8 Å². The molecule has 37 heavy (non-hydrogen) atoms. The van der Waals surface area contributed by atoms with Gasteiger partial charge in [0.2, 0.25) is 17.7 Å². The van der Waals surface area contributed by atoms with Crippen LogP contribution in [0.25, 0.3) is 0 Å². The molecule has 198 valence electrons. The number of pyridine rings is 1. The molecule has 1 atom stereocenters. The highest BCUT2D eigenvalue weighted by Gasteiger charge is 2.34. The Hall–Kier alpha value is -3.02. The predicted molar refractivity (Wildman–Crippen MR) is 135 cm³/mol. The van der Waals surface area contributed by atoms with Crippen molar-refractivity contribution in [2.75, 3.05) is 57.9 Å². The van der Waals surface area contributed by atoms with Gasteiger partial charge in [-0.3, -0.25) is 14.5 Å².